The Kier molecular flexibility index (Phi) is 3.33. The molecule has 0 radical (unpaired) electrons. The predicted molar refractivity (Wildman–Crippen MR) is 86.8 cm³/mol. The van der Waals surface area contributed by atoms with Gasteiger partial charge in [-0.2, -0.15) is 5.10 Å². The summed E-state index contributed by atoms with van der Waals surface area (Å²) in [6.07, 6.45) is 5.53. The van der Waals surface area contributed by atoms with Crippen LogP contribution < -0.4 is 0 Å². The molecule has 1 aromatic carbocycles. The smallest absolute Gasteiger partial charge is 0.341 e. The van der Waals surface area contributed by atoms with Crippen LogP contribution >= 0.6 is 0 Å². The van der Waals surface area contributed by atoms with Crippen molar-refractivity contribution < 1.29 is 9.53 Å². The zero-order valence-electron chi connectivity index (χ0n) is 12.9. The van der Waals surface area contributed by atoms with Crippen molar-refractivity contribution in [3.8, 4) is 5.82 Å². The average Bonchev–Trinajstić information content (AvgIpc) is 3.33. The highest BCUT2D eigenvalue weighted by Gasteiger charge is 2.34. The standard InChI is InChI=1S/C18H17N3O2/c1-2-23-18(22)15-11-20-21(16(15)13-7-8-13)17-14-6-4-3-5-12(14)9-10-19-17/h3-6,9-11,13H,2,7-8H2,1H3. The fourth-order valence-corrected chi connectivity index (χ4v) is 2.91. The maximum atomic E-state index is 12.2. The molecule has 1 fully saturated rings. The molecule has 23 heavy (non-hydrogen) atoms. The van der Waals surface area contributed by atoms with Gasteiger partial charge in [-0.15, -0.1) is 0 Å². The first-order valence-corrected chi connectivity index (χ1v) is 7.88. The highest BCUT2D eigenvalue weighted by molar-refractivity contribution is 5.92. The minimum absolute atomic E-state index is 0.305. The summed E-state index contributed by atoms with van der Waals surface area (Å²) in [5.74, 6) is 0.819. The lowest BCUT2D eigenvalue weighted by molar-refractivity contribution is 0.0525. The molecule has 1 saturated carbocycles. The molecule has 0 amide bonds. The van der Waals surface area contributed by atoms with Gasteiger partial charge in [-0.05, 0) is 31.2 Å². The van der Waals surface area contributed by atoms with Crippen molar-refractivity contribution >= 4 is 16.7 Å². The monoisotopic (exact) mass is 307 g/mol. The molecule has 2 aromatic heterocycles. The molecule has 3 aromatic rings. The van der Waals surface area contributed by atoms with E-state index in [2.05, 4.69) is 10.1 Å². The van der Waals surface area contributed by atoms with Crippen LogP contribution in [0.3, 0.4) is 0 Å². The number of rotatable bonds is 4. The Morgan fingerprint density at radius 2 is 2.13 bits per heavy atom. The van der Waals surface area contributed by atoms with Crippen LogP contribution in [0.4, 0.5) is 0 Å². The highest BCUT2D eigenvalue weighted by Crippen LogP contribution is 2.43. The Bertz CT molecular complexity index is 876. The van der Waals surface area contributed by atoms with Crippen molar-refractivity contribution in [2.45, 2.75) is 25.7 Å². The summed E-state index contributed by atoms with van der Waals surface area (Å²) in [6, 6.07) is 10.0. The molecule has 0 saturated heterocycles. The van der Waals surface area contributed by atoms with Gasteiger partial charge in [0.1, 0.15) is 5.56 Å². The van der Waals surface area contributed by atoms with Crippen molar-refractivity contribution in [2.75, 3.05) is 6.61 Å². The number of pyridine rings is 1. The molecule has 116 valence electrons. The van der Waals surface area contributed by atoms with Gasteiger partial charge in [0.25, 0.3) is 0 Å². The van der Waals surface area contributed by atoms with Crippen molar-refractivity contribution in [1.29, 1.82) is 0 Å². The van der Waals surface area contributed by atoms with Crippen LogP contribution in [0.5, 0.6) is 0 Å². The molecule has 0 spiro atoms. The van der Waals surface area contributed by atoms with Crippen molar-refractivity contribution in [2.24, 2.45) is 0 Å². The van der Waals surface area contributed by atoms with E-state index in [9.17, 15) is 4.79 Å². The Morgan fingerprint density at radius 1 is 1.30 bits per heavy atom. The molecule has 4 rings (SSSR count). The molecule has 5 heteroatoms. The van der Waals surface area contributed by atoms with Gasteiger partial charge in [0.05, 0.1) is 18.5 Å². The van der Waals surface area contributed by atoms with Crippen LogP contribution in [0.1, 0.15) is 41.7 Å². The van der Waals surface area contributed by atoms with E-state index in [1.807, 2.05) is 41.9 Å². The normalized spacial score (nSPS) is 14.1. The van der Waals surface area contributed by atoms with Gasteiger partial charge in [0.2, 0.25) is 0 Å². The van der Waals surface area contributed by atoms with Crippen LogP contribution in [0.2, 0.25) is 0 Å². The number of ether oxygens (including phenoxy) is 1. The number of fused-ring (bicyclic) bond motifs is 1. The number of esters is 1. The van der Waals surface area contributed by atoms with Gasteiger partial charge in [-0.3, -0.25) is 0 Å². The van der Waals surface area contributed by atoms with E-state index in [1.165, 1.54) is 0 Å². The number of carbonyl (C=O) groups excluding carboxylic acids is 1. The third-order valence-corrected chi connectivity index (χ3v) is 4.12. The Labute approximate surface area is 133 Å². The molecule has 0 unspecified atom stereocenters. The molecular formula is C18H17N3O2. The SMILES string of the molecule is CCOC(=O)c1cnn(-c2nccc3ccccc23)c1C1CC1. The minimum atomic E-state index is -0.305. The lowest BCUT2D eigenvalue weighted by Gasteiger charge is -2.10. The van der Waals surface area contributed by atoms with Crippen LogP contribution in [0.25, 0.3) is 16.6 Å². The van der Waals surface area contributed by atoms with Crippen LogP contribution in [0.15, 0.2) is 42.7 Å². The van der Waals surface area contributed by atoms with Crippen LogP contribution in [-0.4, -0.2) is 27.3 Å². The molecule has 1 aliphatic carbocycles. The van der Waals surface area contributed by atoms with E-state index in [0.29, 0.717) is 18.1 Å². The Morgan fingerprint density at radius 3 is 2.91 bits per heavy atom. The van der Waals surface area contributed by atoms with E-state index in [-0.39, 0.29) is 5.97 Å². The summed E-state index contributed by atoms with van der Waals surface area (Å²) in [4.78, 5) is 16.7. The third-order valence-electron chi connectivity index (χ3n) is 4.12. The second kappa shape index (κ2) is 5.50. The lowest BCUT2D eigenvalue weighted by Crippen LogP contribution is -2.10. The Balaban J connectivity index is 1.90. The molecule has 0 bridgehead atoms. The summed E-state index contributed by atoms with van der Waals surface area (Å²) in [5.41, 5.74) is 1.48. The van der Waals surface area contributed by atoms with E-state index in [4.69, 9.17) is 4.74 Å². The van der Waals surface area contributed by atoms with Crippen LogP contribution in [-0.2, 0) is 4.74 Å². The molecular weight excluding hydrogens is 290 g/mol. The maximum absolute atomic E-state index is 12.2. The molecule has 2 heterocycles. The number of benzene rings is 1. The third kappa shape index (κ3) is 2.38. The fourth-order valence-electron chi connectivity index (χ4n) is 2.91. The van der Waals surface area contributed by atoms with Crippen LogP contribution in [0, 0.1) is 0 Å². The first-order valence-electron chi connectivity index (χ1n) is 7.88. The lowest BCUT2D eigenvalue weighted by atomic mass is 10.1. The summed E-state index contributed by atoms with van der Waals surface area (Å²) in [5, 5.41) is 6.58. The van der Waals surface area contributed by atoms with E-state index in [0.717, 1.165) is 35.1 Å². The number of hydrogen-bond acceptors (Lipinski definition) is 4. The predicted octanol–water partition coefficient (Wildman–Crippen LogP) is 3.47. The number of hydrogen-bond donors (Lipinski definition) is 0. The summed E-state index contributed by atoms with van der Waals surface area (Å²) < 4.78 is 6.98. The molecule has 0 aliphatic heterocycles. The molecule has 5 nitrogen and oxygen atoms in total. The first-order chi connectivity index (χ1) is 11.3. The quantitative estimate of drug-likeness (QED) is 0.692. The van der Waals surface area contributed by atoms with Gasteiger partial charge >= 0.3 is 5.97 Å². The summed E-state index contributed by atoms with van der Waals surface area (Å²) in [7, 11) is 0. The minimum Gasteiger partial charge on any atom is -0.462 e. The first kappa shape index (κ1) is 13.9. The number of carbonyl (C=O) groups is 1. The Hall–Kier alpha value is -2.69. The topological polar surface area (TPSA) is 57.0 Å². The summed E-state index contributed by atoms with van der Waals surface area (Å²) >= 11 is 0. The fraction of sp³-hybridized carbons (Fsp3) is 0.278. The molecule has 0 N–H and O–H groups in total. The van der Waals surface area contributed by atoms with E-state index < -0.39 is 0 Å². The largest absolute Gasteiger partial charge is 0.462 e. The summed E-state index contributed by atoms with van der Waals surface area (Å²) in [6.45, 7) is 2.17. The number of aromatic nitrogens is 3. The average molecular weight is 307 g/mol. The maximum Gasteiger partial charge on any atom is 0.341 e. The van der Waals surface area contributed by atoms with Gasteiger partial charge in [0, 0.05) is 17.5 Å². The number of nitrogens with zero attached hydrogens (tertiary/aromatic N) is 3. The van der Waals surface area contributed by atoms with Gasteiger partial charge in [0.15, 0.2) is 5.82 Å². The zero-order chi connectivity index (χ0) is 15.8. The van der Waals surface area contributed by atoms with Crippen molar-refractivity contribution in [3.63, 3.8) is 0 Å². The molecule has 0 atom stereocenters. The second-order valence-electron chi connectivity index (χ2n) is 5.71. The molecule has 1 aliphatic rings. The highest BCUT2D eigenvalue weighted by atomic mass is 16.5. The van der Waals surface area contributed by atoms with Gasteiger partial charge in [-0.25, -0.2) is 14.5 Å². The van der Waals surface area contributed by atoms with Gasteiger partial charge < -0.3 is 4.74 Å². The van der Waals surface area contributed by atoms with Crippen molar-refractivity contribution in [1.82, 2.24) is 14.8 Å². The van der Waals surface area contributed by atoms with Gasteiger partial charge in [-0.1, -0.05) is 24.3 Å². The van der Waals surface area contributed by atoms with E-state index >= 15 is 0 Å². The van der Waals surface area contributed by atoms with Crippen molar-refractivity contribution in [3.05, 3.63) is 54.0 Å². The second-order valence-corrected chi connectivity index (χ2v) is 5.71. The zero-order valence-corrected chi connectivity index (χ0v) is 12.9. The van der Waals surface area contributed by atoms with E-state index in [1.54, 1.807) is 12.4 Å².